The Bertz CT molecular complexity index is 313. The maximum absolute atomic E-state index is 9.30. The summed E-state index contributed by atoms with van der Waals surface area (Å²) in [6.07, 6.45) is -0.542. The zero-order valence-corrected chi connectivity index (χ0v) is 10.3. The molecule has 90 valence electrons. The van der Waals surface area contributed by atoms with E-state index in [4.69, 9.17) is 14.3 Å². The molecule has 0 aliphatic heterocycles. The van der Waals surface area contributed by atoms with Gasteiger partial charge in [-0.05, 0) is 5.56 Å². The van der Waals surface area contributed by atoms with Gasteiger partial charge < -0.3 is 19.4 Å². The van der Waals surface area contributed by atoms with Crippen molar-refractivity contribution in [1.29, 1.82) is 0 Å². The van der Waals surface area contributed by atoms with E-state index in [1.54, 1.807) is 0 Å². The Hall–Kier alpha value is -0.510. The number of aliphatic hydroxyl groups excluding tert-OH is 1. The Morgan fingerprint density at radius 1 is 1.25 bits per heavy atom. The lowest BCUT2D eigenvalue weighted by atomic mass is 9.83. The summed E-state index contributed by atoms with van der Waals surface area (Å²) in [5, 5.41) is 9.30. The maximum Gasteiger partial charge on any atom is 0.327 e. The molecule has 1 rings (SSSR count). The fourth-order valence-electron chi connectivity index (χ4n) is 1.46. The van der Waals surface area contributed by atoms with Gasteiger partial charge in [0, 0.05) is 5.41 Å². The molecule has 0 aromatic heterocycles. The molecule has 0 fully saturated rings. The molecule has 1 aromatic rings. The molecule has 1 atom stereocenters. The second-order valence-electron chi connectivity index (χ2n) is 4.30. The number of aliphatic hydroxyl groups is 1. The summed E-state index contributed by atoms with van der Waals surface area (Å²) in [6, 6.07) is 9.22. The molecule has 4 nitrogen and oxygen atoms in total. The summed E-state index contributed by atoms with van der Waals surface area (Å²) in [5.74, 6) is 0. The third-order valence-corrected chi connectivity index (χ3v) is 2.82. The Labute approximate surface area is 96.5 Å². The Morgan fingerprint density at radius 2 is 1.81 bits per heavy atom. The molecule has 0 radical (unpaired) electrons. The van der Waals surface area contributed by atoms with Crippen molar-refractivity contribution >= 4 is 8.60 Å². The van der Waals surface area contributed by atoms with Crippen LogP contribution in [0.3, 0.4) is 0 Å². The second-order valence-corrected chi connectivity index (χ2v) is 5.01. The van der Waals surface area contributed by atoms with E-state index in [9.17, 15) is 5.11 Å². The summed E-state index contributed by atoms with van der Waals surface area (Å²) >= 11 is 0. The maximum atomic E-state index is 9.30. The lowest BCUT2D eigenvalue weighted by Crippen LogP contribution is -2.27. The van der Waals surface area contributed by atoms with Crippen molar-refractivity contribution in [3.63, 3.8) is 0 Å². The van der Waals surface area contributed by atoms with Crippen LogP contribution in [0.5, 0.6) is 0 Å². The highest BCUT2D eigenvalue weighted by atomic mass is 31.2. The van der Waals surface area contributed by atoms with Gasteiger partial charge in [-0.3, -0.25) is 0 Å². The molecule has 0 spiro atoms. The largest absolute Gasteiger partial charge is 0.396 e. The minimum Gasteiger partial charge on any atom is -0.396 e. The smallest absolute Gasteiger partial charge is 0.327 e. The normalized spacial score (nSPS) is 14.1. The number of benzene rings is 1. The molecule has 0 saturated carbocycles. The van der Waals surface area contributed by atoms with Crippen molar-refractivity contribution in [3.8, 4) is 0 Å². The molecule has 1 unspecified atom stereocenters. The van der Waals surface area contributed by atoms with Crippen LogP contribution in [-0.4, -0.2) is 21.5 Å². The van der Waals surface area contributed by atoms with Crippen LogP contribution in [-0.2, 0) is 4.52 Å². The fourth-order valence-corrected chi connectivity index (χ4v) is 2.06. The van der Waals surface area contributed by atoms with Crippen LogP contribution >= 0.6 is 8.60 Å². The van der Waals surface area contributed by atoms with E-state index in [2.05, 4.69) is 0 Å². The van der Waals surface area contributed by atoms with Crippen LogP contribution in [0.25, 0.3) is 0 Å². The molecular weight excluding hydrogens is 227 g/mol. The summed E-state index contributed by atoms with van der Waals surface area (Å²) in [4.78, 5) is 17.9. The highest BCUT2D eigenvalue weighted by Gasteiger charge is 2.33. The van der Waals surface area contributed by atoms with Crippen LogP contribution in [0, 0.1) is 5.41 Å². The average molecular weight is 244 g/mol. The minimum atomic E-state index is -2.44. The number of hydrogen-bond donors (Lipinski definition) is 3. The van der Waals surface area contributed by atoms with Gasteiger partial charge >= 0.3 is 8.60 Å². The second kappa shape index (κ2) is 5.71. The quantitative estimate of drug-likeness (QED) is 0.692. The third kappa shape index (κ3) is 3.51. The Morgan fingerprint density at radius 3 is 2.25 bits per heavy atom. The van der Waals surface area contributed by atoms with E-state index in [-0.39, 0.29) is 6.61 Å². The fraction of sp³-hybridized carbons (Fsp3) is 0.455. The van der Waals surface area contributed by atoms with Crippen LogP contribution in [0.2, 0.25) is 0 Å². The van der Waals surface area contributed by atoms with Gasteiger partial charge in [-0.15, -0.1) is 0 Å². The lowest BCUT2D eigenvalue weighted by molar-refractivity contribution is 0.0165. The van der Waals surface area contributed by atoms with E-state index in [1.807, 2.05) is 44.2 Å². The lowest BCUT2D eigenvalue weighted by Gasteiger charge is -2.32. The molecule has 0 heterocycles. The first-order chi connectivity index (χ1) is 7.47. The molecule has 16 heavy (non-hydrogen) atoms. The van der Waals surface area contributed by atoms with E-state index < -0.39 is 20.1 Å². The topological polar surface area (TPSA) is 69.9 Å². The zero-order valence-electron chi connectivity index (χ0n) is 9.37. The van der Waals surface area contributed by atoms with Crippen molar-refractivity contribution in [2.24, 2.45) is 5.41 Å². The van der Waals surface area contributed by atoms with Crippen LogP contribution in [0.1, 0.15) is 25.5 Å². The van der Waals surface area contributed by atoms with E-state index in [0.717, 1.165) is 5.56 Å². The molecular formula is C11H17O4P. The van der Waals surface area contributed by atoms with Crippen molar-refractivity contribution in [2.45, 2.75) is 20.0 Å². The van der Waals surface area contributed by atoms with Crippen molar-refractivity contribution < 1.29 is 19.4 Å². The first-order valence-electron chi connectivity index (χ1n) is 4.98. The molecule has 0 amide bonds. The van der Waals surface area contributed by atoms with Gasteiger partial charge in [0.15, 0.2) is 0 Å². The first-order valence-corrected chi connectivity index (χ1v) is 6.14. The molecule has 3 N–H and O–H groups in total. The summed E-state index contributed by atoms with van der Waals surface area (Å²) in [6.45, 7) is 3.52. The molecule has 0 aliphatic carbocycles. The van der Waals surface area contributed by atoms with Crippen molar-refractivity contribution in [2.75, 3.05) is 6.61 Å². The van der Waals surface area contributed by atoms with E-state index >= 15 is 0 Å². The summed E-state index contributed by atoms with van der Waals surface area (Å²) < 4.78 is 5.11. The summed E-state index contributed by atoms with van der Waals surface area (Å²) in [7, 11) is -2.44. The summed E-state index contributed by atoms with van der Waals surface area (Å²) in [5.41, 5.74) is 0.241. The predicted octanol–water partition coefficient (Wildman–Crippen LogP) is 1.97. The molecule has 0 aliphatic rings. The van der Waals surface area contributed by atoms with E-state index in [0.29, 0.717) is 0 Å². The molecule has 5 heteroatoms. The SMILES string of the molecule is CC(C)(CO)C(OP(O)O)c1ccccc1. The number of rotatable bonds is 5. The Balaban J connectivity index is 2.97. The zero-order chi connectivity index (χ0) is 12.2. The van der Waals surface area contributed by atoms with Crippen molar-refractivity contribution in [3.05, 3.63) is 35.9 Å². The minimum absolute atomic E-state index is 0.101. The van der Waals surface area contributed by atoms with Crippen molar-refractivity contribution in [1.82, 2.24) is 0 Å². The van der Waals surface area contributed by atoms with Gasteiger partial charge in [0.05, 0.1) is 12.7 Å². The highest BCUT2D eigenvalue weighted by Crippen LogP contribution is 2.44. The molecule has 0 saturated heterocycles. The third-order valence-electron chi connectivity index (χ3n) is 2.42. The van der Waals surface area contributed by atoms with Gasteiger partial charge in [0.1, 0.15) is 0 Å². The standard InChI is InChI=1S/C11H17O4P/c1-11(2,8-12)10(15-16(13)14)9-6-4-3-5-7-9/h3-7,10,12-14H,8H2,1-2H3. The van der Waals surface area contributed by atoms with Gasteiger partial charge in [0.25, 0.3) is 0 Å². The van der Waals surface area contributed by atoms with Gasteiger partial charge in [-0.25, -0.2) is 0 Å². The number of hydrogen-bond acceptors (Lipinski definition) is 4. The van der Waals surface area contributed by atoms with Crippen LogP contribution in [0.15, 0.2) is 30.3 Å². The highest BCUT2D eigenvalue weighted by molar-refractivity contribution is 7.39. The average Bonchev–Trinajstić information content (AvgIpc) is 2.27. The Kier molecular flexibility index (Phi) is 4.84. The van der Waals surface area contributed by atoms with Gasteiger partial charge in [0.2, 0.25) is 0 Å². The van der Waals surface area contributed by atoms with Crippen LogP contribution in [0.4, 0.5) is 0 Å². The van der Waals surface area contributed by atoms with Gasteiger partial charge in [-0.1, -0.05) is 44.2 Å². The molecule has 1 aromatic carbocycles. The monoisotopic (exact) mass is 244 g/mol. The van der Waals surface area contributed by atoms with E-state index in [1.165, 1.54) is 0 Å². The van der Waals surface area contributed by atoms with Crippen LogP contribution < -0.4 is 0 Å². The molecule has 0 bridgehead atoms. The predicted molar refractivity (Wildman–Crippen MR) is 62.5 cm³/mol. The van der Waals surface area contributed by atoms with Gasteiger partial charge in [-0.2, -0.15) is 0 Å². The first kappa shape index (κ1) is 13.6.